The summed E-state index contributed by atoms with van der Waals surface area (Å²) in [4.78, 5) is 23.6. The van der Waals surface area contributed by atoms with E-state index >= 15 is 0 Å². The number of hydrogen-bond acceptors (Lipinski definition) is 2. The number of aryl methyl sites for hydroxylation is 1. The Morgan fingerprint density at radius 1 is 1.23 bits per heavy atom. The van der Waals surface area contributed by atoms with Crippen molar-refractivity contribution >= 4 is 33.4 Å². The normalized spacial score (nSPS) is 14.2. The van der Waals surface area contributed by atoms with Gasteiger partial charge in [-0.1, -0.05) is 27.6 Å². The van der Waals surface area contributed by atoms with Crippen LogP contribution in [0, 0.1) is 6.92 Å². The fraction of sp³-hybridized carbons (Fsp3) is 0.412. The van der Waals surface area contributed by atoms with E-state index in [4.69, 9.17) is 0 Å². The second-order valence-electron chi connectivity index (χ2n) is 5.53. The molecule has 118 valence electrons. The molecule has 4 nitrogen and oxygen atoms in total. The molecular weight excluding hydrogens is 344 g/mol. The van der Waals surface area contributed by atoms with E-state index in [1.54, 1.807) is 6.07 Å². The van der Waals surface area contributed by atoms with Crippen LogP contribution in [0.5, 0.6) is 0 Å². The van der Waals surface area contributed by atoms with E-state index in [1.807, 2.05) is 19.1 Å². The summed E-state index contributed by atoms with van der Waals surface area (Å²) < 4.78 is 0.968. The lowest BCUT2D eigenvalue weighted by Crippen LogP contribution is -2.36. The summed E-state index contributed by atoms with van der Waals surface area (Å²) in [7, 11) is 0. The molecule has 1 aliphatic carbocycles. The monoisotopic (exact) mass is 364 g/mol. The average molecular weight is 365 g/mol. The summed E-state index contributed by atoms with van der Waals surface area (Å²) in [6, 6.07) is 5.43. The maximum atomic E-state index is 11.8. The van der Waals surface area contributed by atoms with Gasteiger partial charge in [-0.05, 0) is 62.8 Å². The van der Waals surface area contributed by atoms with E-state index in [0.717, 1.165) is 29.3 Å². The molecule has 22 heavy (non-hydrogen) atoms. The molecule has 5 heteroatoms. The van der Waals surface area contributed by atoms with E-state index in [-0.39, 0.29) is 0 Å². The lowest BCUT2D eigenvalue weighted by Gasteiger charge is -2.13. The van der Waals surface area contributed by atoms with Crippen LogP contribution in [0.3, 0.4) is 0 Å². The summed E-state index contributed by atoms with van der Waals surface area (Å²) in [6.07, 6.45) is 7.80. The van der Waals surface area contributed by atoms with Crippen LogP contribution in [0.15, 0.2) is 34.3 Å². The highest BCUT2D eigenvalue weighted by molar-refractivity contribution is 9.10. The molecule has 0 unspecified atom stereocenters. The van der Waals surface area contributed by atoms with Crippen molar-refractivity contribution in [1.29, 1.82) is 0 Å². The summed E-state index contributed by atoms with van der Waals surface area (Å²) >= 11 is 3.40. The fourth-order valence-corrected chi connectivity index (χ4v) is 2.71. The molecule has 2 amide bonds. The molecule has 2 N–H and O–H groups in total. The number of halogens is 1. The van der Waals surface area contributed by atoms with Crippen molar-refractivity contribution in [3.05, 3.63) is 39.9 Å². The first-order valence-corrected chi connectivity index (χ1v) is 8.39. The quantitative estimate of drug-likeness (QED) is 0.631. The first-order chi connectivity index (χ1) is 10.6. The number of anilines is 1. The number of carbonyl (C=O) groups is 2. The number of benzene rings is 1. The van der Waals surface area contributed by atoms with Gasteiger partial charge in [-0.3, -0.25) is 9.59 Å². The number of allylic oxidation sites excluding steroid dienone is 1. The van der Waals surface area contributed by atoms with Gasteiger partial charge in [0.1, 0.15) is 0 Å². The molecule has 0 spiro atoms. The lowest BCUT2D eigenvalue weighted by molar-refractivity contribution is -0.136. The van der Waals surface area contributed by atoms with Gasteiger partial charge >= 0.3 is 11.8 Å². The Morgan fingerprint density at radius 2 is 2.05 bits per heavy atom. The third kappa shape index (κ3) is 4.98. The van der Waals surface area contributed by atoms with Crippen LogP contribution < -0.4 is 10.6 Å². The maximum Gasteiger partial charge on any atom is 0.313 e. The molecule has 2 rings (SSSR count). The third-order valence-electron chi connectivity index (χ3n) is 3.74. The van der Waals surface area contributed by atoms with Crippen LogP contribution in [0.2, 0.25) is 0 Å². The van der Waals surface area contributed by atoms with Gasteiger partial charge in [-0.2, -0.15) is 0 Å². The van der Waals surface area contributed by atoms with Crippen LogP contribution in [0.4, 0.5) is 5.69 Å². The van der Waals surface area contributed by atoms with E-state index in [1.165, 1.54) is 18.4 Å². The van der Waals surface area contributed by atoms with Crippen molar-refractivity contribution in [1.82, 2.24) is 5.32 Å². The molecule has 0 aliphatic heterocycles. The van der Waals surface area contributed by atoms with Crippen LogP contribution in [0.25, 0.3) is 0 Å². The molecule has 1 aromatic carbocycles. The molecule has 0 saturated heterocycles. The zero-order chi connectivity index (χ0) is 15.9. The standard InChI is InChI=1S/C17H21BrN2O2/c1-12-11-14(7-8-15(12)18)20-17(22)16(21)19-10-9-13-5-3-2-4-6-13/h5,7-8,11H,2-4,6,9-10H2,1H3,(H,19,21)(H,20,22). The smallest absolute Gasteiger partial charge is 0.313 e. The van der Waals surface area contributed by atoms with E-state index in [2.05, 4.69) is 32.6 Å². The molecule has 0 fully saturated rings. The topological polar surface area (TPSA) is 58.2 Å². The van der Waals surface area contributed by atoms with E-state index in [0.29, 0.717) is 12.2 Å². The van der Waals surface area contributed by atoms with Gasteiger partial charge in [0, 0.05) is 16.7 Å². The number of amides is 2. The Kier molecular flexibility index (Phi) is 6.19. The molecule has 1 aromatic rings. The zero-order valence-electron chi connectivity index (χ0n) is 12.7. The van der Waals surface area contributed by atoms with Crippen molar-refractivity contribution in [3.63, 3.8) is 0 Å². The average Bonchev–Trinajstić information content (AvgIpc) is 2.52. The number of carbonyl (C=O) groups excluding carboxylic acids is 2. The van der Waals surface area contributed by atoms with Gasteiger partial charge in [0.25, 0.3) is 0 Å². The molecule has 0 heterocycles. The van der Waals surface area contributed by atoms with Crippen molar-refractivity contribution < 1.29 is 9.59 Å². The van der Waals surface area contributed by atoms with Gasteiger partial charge in [-0.15, -0.1) is 0 Å². The lowest BCUT2D eigenvalue weighted by atomic mass is 9.97. The minimum atomic E-state index is -0.626. The van der Waals surface area contributed by atoms with E-state index in [9.17, 15) is 9.59 Å². The van der Waals surface area contributed by atoms with Gasteiger partial charge in [0.15, 0.2) is 0 Å². The highest BCUT2D eigenvalue weighted by Gasteiger charge is 2.14. The Hall–Kier alpha value is -1.62. The molecule has 0 aromatic heterocycles. The second-order valence-corrected chi connectivity index (χ2v) is 6.39. The molecule has 0 atom stereocenters. The van der Waals surface area contributed by atoms with Crippen LogP contribution >= 0.6 is 15.9 Å². The van der Waals surface area contributed by atoms with Crippen LogP contribution in [0.1, 0.15) is 37.7 Å². The van der Waals surface area contributed by atoms with Crippen LogP contribution in [-0.4, -0.2) is 18.4 Å². The highest BCUT2D eigenvalue weighted by Crippen LogP contribution is 2.20. The minimum Gasteiger partial charge on any atom is -0.348 e. The maximum absolute atomic E-state index is 11.8. The molecule has 0 radical (unpaired) electrons. The Labute approximate surface area is 139 Å². The summed E-state index contributed by atoms with van der Waals surface area (Å²) in [5.41, 5.74) is 3.01. The van der Waals surface area contributed by atoms with Crippen LogP contribution in [-0.2, 0) is 9.59 Å². The highest BCUT2D eigenvalue weighted by atomic mass is 79.9. The van der Waals surface area contributed by atoms with Crippen molar-refractivity contribution in [3.8, 4) is 0 Å². The molecular formula is C17H21BrN2O2. The van der Waals surface area contributed by atoms with Crippen molar-refractivity contribution in [2.75, 3.05) is 11.9 Å². The van der Waals surface area contributed by atoms with E-state index < -0.39 is 11.8 Å². The van der Waals surface area contributed by atoms with Crippen molar-refractivity contribution in [2.24, 2.45) is 0 Å². The summed E-state index contributed by atoms with van der Waals surface area (Å²) in [5, 5.41) is 5.29. The molecule has 0 saturated carbocycles. The number of nitrogens with one attached hydrogen (secondary N) is 2. The predicted molar refractivity (Wildman–Crippen MR) is 91.7 cm³/mol. The Morgan fingerprint density at radius 3 is 2.73 bits per heavy atom. The van der Waals surface area contributed by atoms with Gasteiger partial charge in [0.05, 0.1) is 0 Å². The van der Waals surface area contributed by atoms with Gasteiger partial charge in [-0.25, -0.2) is 0 Å². The zero-order valence-corrected chi connectivity index (χ0v) is 14.3. The predicted octanol–water partition coefficient (Wildman–Crippen LogP) is 3.70. The third-order valence-corrected chi connectivity index (χ3v) is 4.63. The van der Waals surface area contributed by atoms with Crippen molar-refractivity contribution in [2.45, 2.75) is 39.0 Å². The summed E-state index contributed by atoms with van der Waals surface area (Å²) in [5.74, 6) is -1.21. The fourth-order valence-electron chi connectivity index (χ4n) is 2.46. The summed E-state index contributed by atoms with van der Waals surface area (Å²) in [6.45, 7) is 2.44. The number of rotatable bonds is 4. The first-order valence-electron chi connectivity index (χ1n) is 7.59. The minimum absolute atomic E-state index is 0.511. The SMILES string of the molecule is Cc1cc(NC(=O)C(=O)NCCC2=CCCCC2)ccc1Br. The largest absolute Gasteiger partial charge is 0.348 e. The van der Waals surface area contributed by atoms with Gasteiger partial charge < -0.3 is 10.6 Å². The molecule has 1 aliphatic rings. The Balaban J connectivity index is 1.78. The Bertz CT molecular complexity index is 596. The molecule has 0 bridgehead atoms. The second kappa shape index (κ2) is 8.13. The first kappa shape index (κ1) is 16.7. The number of hydrogen-bond donors (Lipinski definition) is 2. The van der Waals surface area contributed by atoms with Gasteiger partial charge in [0.2, 0.25) is 0 Å².